The van der Waals surface area contributed by atoms with Gasteiger partial charge >= 0.3 is 0 Å². The van der Waals surface area contributed by atoms with E-state index in [4.69, 9.17) is 23.1 Å². The molecule has 5 N–H and O–H groups in total. The van der Waals surface area contributed by atoms with Crippen LogP contribution in [0.25, 0.3) is 0 Å². The molecule has 2 amide bonds. The summed E-state index contributed by atoms with van der Waals surface area (Å²) in [5.41, 5.74) is 11.1. The molecule has 16 heavy (non-hydrogen) atoms. The van der Waals surface area contributed by atoms with E-state index in [-0.39, 0.29) is 23.6 Å². The Morgan fingerprint density at radius 3 is 2.62 bits per heavy atom. The average Bonchev–Trinajstić information content (AvgIpc) is 2.16. The van der Waals surface area contributed by atoms with Crippen molar-refractivity contribution in [3.05, 3.63) is 28.8 Å². The third-order valence-corrected chi connectivity index (χ3v) is 2.24. The van der Waals surface area contributed by atoms with E-state index in [1.54, 1.807) is 18.2 Å². The van der Waals surface area contributed by atoms with E-state index in [9.17, 15) is 9.59 Å². The molecule has 1 rings (SSSR count). The van der Waals surface area contributed by atoms with E-state index in [1.807, 2.05) is 0 Å². The second-order valence-corrected chi connectivity index (χ2v) is 3.58. The Morgan fingerprint density at radius 2 is 2.06 bits per heavy atom. The lowest BCUT2D eigenvalue weighted by Gasteiger charge is -2.08. The van der Waals surface area contributed by atoms with Crippen molar-refractivity contribution in [1.82, 2.24) is 5.32 Å². The zero-order chi connectivity index (χ0) is 12.1. The number of anilines is 1. The minimum absolute atomic E-state index is 0.0795. The number of hydrogen-bond acceptors (Lipinski definition) is 3. The number of halogens is 1. The smallest absolute Gasteiger partial charge is 0.254 e. The first-order valence-electron chi connectivity index (χ1n) is 4.63. The van der Waals surface area contributed by atoms with Crippen LogP contribution in [0.4, 0.5) is 5.69 Å². The number of hydrogen-bond donors (Lipinski definition) is 3. The minimum Gasteiger partial charge on any atom is -0.398 e. The van der Waals surface area contributed by atoms with Crippen LogP contribution in [0.5, 0.6) is 0 Å². The van der Waals surface area contributed by atoms with Crippen molar-refractivity contribution in [2.45, 2.75) is 6.42 Å². The van der Waals surface area contributed by atoms with Crippen molar-refractivity contribution >= 4 is 29.1 Å². The Labute approximate surface area is 97.7 Å². The van der Waals surface area contributed by atoms with Gasteiger partial charge in [-0.05, 0) is 12.1 Å². The van der Waals surface area contributed by atoms with Gasteiger partial charge in [-0.3, -0.25) is 9.59 Å². The number of carbonyl (C=O) groups is 2. The van der Waals surface area contributed by atoms with E-state index in [0.717, 1.165) is 0 Å². The van der Waals surface area contributed by atoms with Crippen molar-refractivity contribution in [2.24, 2.45) is 5.73 Å². The number of amides is 2. The molecule has 0 fully saturated rings. The van der Waals surface area contributed by atoms with Gasteiger partial charge in [0.1, 0.15) is 0 Å². The van der Waals surface area contributed by atoms with Crippen molar-refractivity contribution in [3.63, 3.8) is 0 Å². The molecule has 1 aromatic carbocycles. The Bertz CT molecular complexity index is 400. The highest BCUT2D eigenvalue weighted by Crippen LogP contribution is 2.21. The number of nitrogen functional groups attached to an aromatic ring is 1. The highest BCUT2D eigenvalue weighted by Gasteiger charge is 2.13. The molecule has 0 unspecified atom stereocenters. The first kappa shape index (κ1) is 12.3. The van der Waals surface area contributed by atoms with E-state index in [1.165, 1.54) is 0 Å². The predicted octanol–water partition coefficient (Wildman–Crippen LogP) is 0.527. The van der Waals surface area contributed by atoms with E-state index in [2.05, 4.69) is 5.32 Å². The lowest BCUT2D eigenvalue weighted by atomic mass is 10.1. The highest BCUT2D eigenvalue weighted by molar-refractivity contribution is 6.34. The van der Waals surface area contributed by atoms with Gasteiger partial charge in [0.05, 0.1) is 10.6 Å². The molecule has 0 atom stereocenters. The molecular weight excluding hydrogens is 230 g/mol. The molecule has 0 aliphatic carbocycles. The average molecular weight is 242 g/mol. The lowest BCUT2D eigenvalue weighted by molar-refractivity contribution is -0.117. The normalized spacial score (nSPS) is 9.81. The lowest BCUT2D eigenvalue weighted by Crippen LogP contribution is -2.28. The monoisotopic (exact) mass is 241 g/mol. The van der Waals surface area contributed by atoms with Crippen LogP contribution in [0.3, 0.4) is 0 Å². The molecule has 0 aliphatic heterocycles. The number of primary amides is 1. The van der Waals surface area contributed by atoms with Gasteiger partial charge in [-0.25, -0.2) is 0 Å². The number of nitrogens with two attached hydrogens (primary N) is 2. The molecule has 0 aromatic heterocycles. The Hall–Kier alpha value is -1.75. The SMILES string of the molecule is NC(=O)CCNC(=O)c1c(N)cccc1Cl. The van der Waals surface area contributed by atoms with Crippen molar-refractivity contribution in [2.75, 3.05) is 12.3 Å². The zero-order valence-corrected chi connectivity index (χ0v) is 9.25. The topological polar surface area (TPSA) is 98.2 Å². The molecule has 0 radical (unpaired) electrons. The van der Waals surface area contributed by atoms with Crippen molar-refractivity contribution < 1.29 is 9.59 Å². The second-order valence-electron chi connectivity index (χ2n) is 3.18. The zero-order valence-electron chi connectivity index (χ0n) is 8.50. The van der Waals surface area contributed by atoms with Crippen LogP contribution >= 0.6 is 11.6 Å². The molecule has 0 bridgehead atoms. The highest BCUT2D eigenvalue weighted by atomic mass is 35.5. The maximum atomic E-state index is 11.6. The van der Waals surface area contributed by atoms with E-state index >= 15 is 0 Å². The summed E-state index contributed by atoms with van der Waals surface area (Å²) in [7, 11) is 0. The number of rotatable bonds is 4. The Morgan fingerprint density at radius 1 is 1.38 bits per heavy atom. The summed E-state index contributed by atoms with van der Waals surface area (Å²) in [6, 6.07) is 4.80. The molecule has 0 saturated carbocycles. The predicted molar refractivity (Wildman–Crippen MR) is 62.0 cm³/mol. The first-order valence-corrected chi connectivity index (χ1v) is 5.00. The van der Waals surface area contributed by atoms with E-state index < -0.39 is 11.8 Å². The fraction of sp³-hybridized carbons (Fsp3) is 0.200. The van der Waals surface area contributed by atoms with Gasteiger partial charge in [-0.2, -0.15) is 0 Å². The summed E-state index contributed by atoms with van der Waals surface area (Å²) in [6.07, 6.45) is 0.0795. The molecule has 5 nitrogen and oxygen atoms in total. The Kier molecular flexibility index (Phi) is 4.13. The van der Waals surface area contributed by atoms with Gasteiger partial charge in [-0.15, -0.1) is 0 Å². The molecule has 0 saturated heterocycles. The summed E-state index contributed by atoms with van der Waals surface area (Å²) < 4.78 is 0. The third kappa shape index (κ3) is 3.13. The quantitative estimate of drug-likeness (QED) is 0.671. The molecule has 6 heteroatoms. The van der Waals surface area contributed by atoms with Crippen LogP contribution in [-0.2, 0) is 4.79 Å². The maximum absolute atomic E-state index is 11.6. The van der Waals surface area contributed by atoms with E-state index in [0.29, 0.717) is 5.69 Å². The molecule has 0 heterocycles. The van der Waals surface area contributed by atoms with Crippen molar-refractivity contribution in [3.8, 4) is 0 Å². The van der Waals surface area contributed by atoms with Crippen LogP contribution in [0, 0.1) is 0 Å². The van der Waals surface area contributed by atoms with Gasteiger partial charge in [0.25, 0.3) is 5.91 Å². The number of carbonyl (C=O) groups excluding carboxylic acids is 2. The van der Waals surface area contributed by atoms with Gasteiger partial charge in [0, 0.05) is 18.7 Å². The number of nitrogens with one attached hydrogen (secondary N) is 1. The molecular formula is C10H12ClN3O2. The van der Waals surface area contributed by atoms with Gasteiger partial charge in [0.15, 0.2) is 0 Å². The fourth-order valence-electron chi connectivity index (χ4n) is 1.17. The van der Waals surface area contributed by atoms with Crippen LogP contribution < -0.4 is 16.8 Å². The molecule has 86 valence electrons. The molecule has 1 aromatic rings. The first-order chi connectivity index (χ1) is 7.52. The third-order valence-electron chi connectivity index (χ3n) is 1.93. The summed E-state index contributed by atoms with van der Waals surface area (Å²) >= 11 is 5.83. The summed E-state index contributed by atoms with van der Waals surface area (Å²) in [4.78, 5) is 22.1. The standard InChI is InChI=1S/C10H12ClN3O2/c11-6-2-1-3-7(12)9(6)10(16)14-5-4-8(13)15/h1-3H,4-5,12H2,(H2,13,15)(H,14,16). The van der Waals surface area contributed by atoms with Crippen LogP contribution in [0.15, 0.2) is 18.2 Å². The minimum atomic E-state index is -0.479. The summed E-state index contributed by atoms with van der Waals surface area (Å²) in [5.74, 6) is -0.892. The maximum Gasteiger partial charge on any atom is 0.254 e. The molecule has 0 aliphatic rings. The summed E-state index contributed by atoms with van der Waals surface area (Å²) in [6.45, 7) is 0.166. The summed E-state index contributed by atoms with van der Waals surface area (Å²) in [5, 5.41) is 2.78. The van der Waals surface area contributed by atoms with Crippen LogP contribution in [-0.4, -0.2) is 18.4 Å². The second kappa shape index (κ2) is 5.37. The van der Waals surface area contributed by atoms with Crippen LogP contribution in [0.1, 0.15) is 16.8 Å². The van der Waals surface area contributed by atoms with Gasteiger partial charge in [0.2, 0.25) is 5.91 Å². The van der Waals surface area contributed by atoms with Crippen molar-refractivity contribution in [1.29, 1.82) is 0 Å². The van der Waals surface area contributed by atoms with Gasteiger partial charge < -0.3 is 16.8 Å². The van der Waals surface area contributed by atoms with Gasteiger partial charge in [-0.1, -0.05) is 17.7 Å². The largest absolute Gasteiger partial charge is 0.398 e. The fourth-order valence-corrected chi connectivity index (χ4v) is 1.44. The van der Waals surface area contributed by atoms with Crippen LogP contribution in [0.2, 0.25) is 5.02 Å². The number of benzene rings is 1. The molecule has 0 spiro atoms. The Balaban J connectivity index is 2.70.